The van der Waals surface area contributed by atoms with Crippen molar-refractivity contribution in [2.45, 2.75) is 32.4 Å². The van der Waals surface area contributed by atoms with Crippen LogP contribution in [0.4, 0.5) is 13.2 Å². The van der Waals surface area contributed by atoms with E-state index in [4.69, 9.17) is 14.2 Å². The van der Waals surface area contributed by atoms with Crippen LogP contribution in [0, 0.1) is 0 Å². The van der Waals surface area contributed by atoms with E-state index < -0.39 is 17.6 Å². The van der Waals surface area contributed by atoms with Gasteiger partial charge in [0.1, 0.15) is 23.1 Å². The van der Waals surface area contributed by atoms with E-state index in [1.807, 2.05) is 48.5 Å². The van der Waals surface area contributed by atoms with E-state index in [1.165, 1.54) is 23.5 Å². The molecule has 0 spiro atoms. The number of ether oxygens (including phenoxy) is 3. The first-order valence-electron chi connectivity index (χ1n) is 14.4. The summed E-state index contributed by atoms with van der Waals surface area (Å²) < 4.78 is 56.1. The van der Waals surface area contributed by atoms with Crippen LogP contribution in [-0.4, -0.2) is 29.2 Å². The molecule has 1 aliphatic heterocycles. The van der Waals surface area contributed by atoms with Crippen molar-refractivity contribution in [2.24, 2.45) is 0 Å². The van der Waals surface area contributed by atoms with E-state index in [-0.39, 0.29) is 19.0 Å². The van der Waals surface area contributed by atoms with Crippen molar-refractivity contribution in [1.29, 1.82) is 0 Å². The average molecular weight is 648 g/mol. The van der Waals surface area contributed by atoms with Crippen LogP contribution in [0.2, 0.25) is 0 Å². The van der Waals surface area contributed by atoms with Gasteiger partial charge in [0.15, 0.2) is 11.5 Å². The highest BCUT2D eigenvalue weighted by molar-refractivity contribution is 7.09. The maximum absolute atomic E-state index is 13.1. The molecule has 1 amide bonds. The van der Waals surface area contributed by atoms with Crippen LogP contribution in [0.5, 0.6) is 17.2 Å². The second kappa shape index (κ2) is 14.9. The molecule has 0 saturated carbocycles. The number of alkyl halides is 3. The molecule has 5 rings (SSSR count). The Kier molecular flexibility index (Phi) is 10.6. The summed E-state index contributed by atoms with van der Waals surface area (Å²) in [6.45, 7) is 9.62. The summed E-state index contributed by atoms with van der Waals surface area (Å²) in [6, 6.07) is 18.5. The van der Waals surface area contributed by atoms with Gasteiger partial charge in [-0.3, -0.25) is 9.69 Å². The largest absolute Gasteiger partial charge is 0.489 e. The summed E-state index contributed by atoms with van der Waals surface area (Å²) in [5.74, 6) is 1.66. The van der Waals surface area contributed by atoms with Gasteiger partial charge in [0, 0.05) is 25.0 Å². The van der Waals surface area contributed by atoms with Crippen LogP contribution in [0.15, 0.2) is 109 Å². The monoisotopic (exact) mass is 647 g/mol. The van der Waals surface area contributed by atoms with Crippen LogP contribution in [0.25, 0.3) is 0 Å². The first-order valence-corrected chi connectivity index (χ1v) is 15.2. The average Bonchev–Trinajstić information content (AvgIpc) is 3.72. The van der Waals surface area contributed by atoms with E-state index in [2.05, 4.69) is 28.4 Å². The Morgan fingerprint density at radius 1 is 0.978 bits per heavy atom. The van der Waals surface area contributed by atoms with E-state index in [9.17, 15) is 18.0 Å². The van der Waals surface area contributed by atoms with Crippen molar-refractivity contribution in [3.8, 4) is 17.2 Å². The molecule has 0 fully saturated rings. The Balaban J connectivity index is 1.25. The SMILES string of the molecule is C=C/C=C(\C=C)COc1ccc(CN(Cc2ccc3c(c2)OCO3)Cc2nc(C(=O)NCc3cccc(C(F)(F)F)c3)cs2)cc1. The number of thiazole rings is 1. The Bertz CT molecular complexity index is 1720. The van der Waals surface area contributed by atoms with Crippen LogP contribution < -0.4 is 19.5 Å². The minimum atomic E-state index is -4.45. The van der Waals surface area contributed by atoms with Crippen molar-refractivity contribution in [2.75, 3.05) is 13.4 Å². The zero-order valence-electron chi connectivity index (χ0n) is 24.9. The maximum atomic E-state index is 13.1. The van der Waals surface area contributed by atoms with Crippen molar-refractivity contribution in [3.05, 3.63) is 142 Å². The number of benzene rings is 3. The molecule has 0 bridgehead atoms. The molecule has 238 valence electrons. The summed E-state index contributed by atoms with van der Waals surface area (Å²) in [7, 11) is 0. The predicted molar refractivity (Wildman–Crippen MR) is 171 cm³/mol. The number of halogens is 3. The molecule has 2 heterocycles. The fourth-order valence-corrected chi connectivity index (χ4v) is 5.53. The van der Waals surface area contributed by atoms with Gasteiger partial charge in [-0.1, -0.05) is 61.7 Å². The first kappa shape index (κ1) is 32.5. The second-order valence-corrected chi connectivity index (χ2v) is 11.4. The fourth-order valence-electron chi connectivity index (χ4n) is 4.72. The molecule has 1 aromatic heterocycles. The molecule has 0 unspecified atom stereocenters. The number of hydrogen-bond acceptors (Lipinski definition) is 7. The number of allylic oxidation sites excluding steroid dienone is 2. The third-order valence-corrected chi connectivity index (χ3v) is 7.86. The van der Waals surface area contributed by atoms with Gasteiger partial charge in [-0.2, -0.15) is 13.2 Å². The van der Waals surface area contributed by atoms with Gasteiger partial charge < -0.3 is 19.5 Å². The lowest BCUT2D eigenvalue weighted by atomic mass is 10.1. The van der Waals surface area contributed by atoms with E-state index >= 15 is 0 Å². The van der Waals surface area contributed by atoms with E-state index in [0.29, 0.717) is 43.3 Å². The maximum Gasteiger partial charge on any atom is 0.416 e. The van der Waals surface area contributed by atoms with Gasteiger partial charge in [0.2, 0.25) is 6.79 Å². The summed E-state index contributed by atoms with van der Waals surface area (Å²) in [5, 5.41) is 5.04. The first-order chi connectivity index (χ1) is 22.2. The van der Waals surface area contributed by atoms with Crippen LogP contribution >= 0.6 is 11.3 Å². The molecule has 4 aromatic rings. The topological polar surface area (TPSA) is 72.9 Å². The minimum Gasteiger partial charge on any atom is -0.489 e. The molecule has 1 aliphatic rings. The predicted octanol–water partition coefficient (Wildman–Crippen LogP) is 7.70. The molecule has 0 saturated heterocycles. The molecule has 0 radical (unpaired) electrons. The van der Waals surface area contributed by atoms with E-state index in [1.54, 1.807) is 17.5 Å². The lowest BCUT2D eigenvalue weighted by Crippen LogP contribution is -2.24. The third-order valence-electron chi connectivity index (χ3n) is 7.02. The molecule has 7 nitrogen and oxygen atoms in total. The lowest BCUT2D eigenvalue weighted by molar-refractivity contribution is -0.137. The summed E-state index contributed by atoms with van der Waals surface area (Å²) in [4.78, 5) is 19.5. The Labute approximate surface area is 269 Å². The summed E-state index contributed by atoms with van der Waals surface area (Å²) >= 11 is 1.35. The highest BCUT2D eigenvalue weighted by Gasteiger charge is 2.30. The summed E-state index contributed by atoms with van der Waals surface area (Å²) in [6.07, 6.45) is 0.814. The number of nitrogens with zero attached hydrogens (tertiary/aromatic N) is 2. The van der Waals surface area contributed by atoms with Crippen LogP contribution in [-0.2, 0) is 32.4 Å². The number of rotatable bonds is 14. The molecule has 3 aromatic carbocycles. The normalized spacial score (nSPS) is 12.7. The van der Waals surface area contributed by atoms with Crippen LogP contribution in [0.1, 0.15) is 37.7 Å². The number of carbonyl (C=O) groups excluding carboxylic acids is 1. The number of hydrogen-bond donors (Lipinski definition) is 1. The quantitative estimate of drug-likeness (QED) is 0.142. The molecule has 1 N–H and O–H groups in total. The van der Waals surface area contributed by atoms with E-state index in [0.717, 1.165) is 39.6 Å². The number of amides is 1. The zero-order valence-corrected chi connectivity index (χ0v) is 25.7. The van der Waals surface area contributed by atoms with Gasteiger partial charge in [-0.25, -0.2) is 4.98 Å². The van der Waals surface area contributed by atoms with Gasteiger partial charge >= 0.3 is 6.18 Å². The highest BCUT2D eigenvalue weighted by Crippen LogP contribution is 2.33. The van der Waals surface area contributed by atoms with Gasteiger partial charge in [0.05, 0.1) is 12.1 Å². The molecular weight excluding hydrogens is 615 g/mol. The smallest absolute Gasteiger partial charge is 0.416 e. The lowest BCUT2D eigenvalue weighted by Gasteiger charge is -2.22. The number of fused-ring (bicyclic) bond motifs is 1. The van der Waals surface area contributed by atoms with Gasteiger partial charge in [-0.05, 0) is 58.7 Å². The highest BCUT2D eigenvalue weighted by atomic mass is 32.1. The van der Waals surface area contributed by atoms with Gasteiger partial charge in [0.25, 0.3) is 5.91 Å². The Morgan fingerprint density at radius 3 is 2.50 bits per heavy atom. The molecule has 0 aliphatic carbocycles. The molecule has 11 heteroatoms. The standard InChI is InChI=1S/C35H32F3N3O4S/c1-3-6-24(4-2)21-43-29-12-9-25(10-13-29)18-41(19-27-11-14-31-32(16-27)45-23-44-31)20-33-40-30(22-46-33)34(42)39-17-26-7-5-8-28(15-26)35(36,37)38/h3-16,22H,1-2,17-21,23H2,(H,39,42)/b24-6+. The van der Waals surface area contributed by atoms with Crippen molar-refractivity contribution >= 4 is 17.2 Å². The molecule has 0 atom stereocenters. The van der Waals surface area contributed by atoms with Crippen molar-refractivity contribution in [3.63, 3.8) is 0 Å². The van der Waals surface area contributed by atoms with Crippen molar-refractivity contribution < 1.29 is 32.2 Å². The number of aromatic nitrogens is 1. The van der Waals surface area contributed by atoms with Gasteiger partial charge in [-0.15, -0.1) is 11.3 Å². The summed E-state index contributed by atoms with van der Waals surface area (Å²) in [5.41, 5.74) is 2.78. The fraction of sp³-hybridized carbons (Fsp3) is 0.200. The number of carbonyl (C=O) groups is 1. The molecular formula is C35H32F3N3O4S. The number of nitrogens with one attached hydrogen (secondary N) is 1. The minimum absolute atomic E-state index is 0.0506. The van der Waals surface area contributed by atoms with Crippen LogP contribution in [0.3, 0.4) is 0 Å². The molecule has 46 heavy (non-hydrogen) atoms. The Hall–Kier alpha value is -4.87. The Morgan fingerprint density at radius 2 is 1.74 bits per heavy atom. The zero-order chi connectivity index (χ0) is 32.5. The van der Waals surface area contributed by atoms with Crippen molar-refractivity contribution in [1.82, 2.24) is 15.2 Å². The third kappa shape index (κ3) is 8.86. The second-order valence-electron chi connectivity index (χ2n) is 10.5.